The number of carbonyl (C=O) groups excluding carboxylic acids is 1. The molecule has 0 heterocycles. The molecule has 116 valence electrons. The van der Waals surface area contributed by atoms with E-state index in [1.807, 2.05) is 0 Å². The molecule has 1 unspecified atom stereocenters. The summed E-state index contributed by atoms with van der Waals surface area (Å²) in [5, 5.41) is 14.1. The van der Waals surface area contributed by atoms with Gasteiger partial charge in [0.25, 0.3) is 0 Å². The highest BCUT2D eigenvalue weighted by atomic mass is 19.1. The van der Waals surface area contributed by atoms with Gasteiger partial charge in [-0.3, -0.25) is 0 Å². The Morgan fingerprint density at radius 2 is 2.19 bits per heavy atom. The fourth-order valence-corrected chi connectivity index (χ4v) is 1.68. The molecule has 0 aliphatic heterocycles. The highest BCUT2D eigenvalue weighted by molar-refractivity contribution is 5.89. The van der Waals surface area contributed by atoms with Gasteiger partial charge in [-0.05, 0) is 30.9 Å². The zero-order chi connectivity index (χ0) is 15.2. The van der Waals surface area contributed by atoms with Gasteiger partial charge in [-0.15, -0.1) is 0 Å². The molecule has 1 fully saturated rings. The van der Waals surface area contributed by atoms with E-state index < -0.39 is 23.8 Å². The summed E-state index contributed by atoms with van der Waals surface area (Å²) in [5.74, 6) is -0.788. The maximum Gasteiger partial charge on any atom is 0.319 e. The van der Waals surface area contributed by atoms with Gasteiger partial charge in [0.1, 0.15) is 11.6 Å². The Morgan fingerprint density at radius 3 is 2.90 bits per heavy atom. The smallest absolute Gasteiger partial charge is 0.319 e. The molecule has 3 N–H and O–H groups in total. The van der Waals surface area contributed by atoms with E-state index in [0.717, 1.165) is 31.0 Å². The Balaban J connectivity index is 1.67. The number of rotatable bonds is 7. The second-order valence-electron chi connectivity index (χ2n) is 5.09. The monoisotopic (exact) mass is 300 g/mol. The third kappa shape index (κ3) is 5.65. The summed E-state index contributed by atoms with van der Waals surface area (Å²) in [7, 11) is 0. The molecule has 1 atom stereocenters. The van der Waals surface area contributed by atoms with Crippen LogP contribution in [0.2, 0.25) is 0 Å². The molecular formula is C14H18F2N2O3. The number of carbonyl (C=O) groups is 1. The third-order valence-electron chi connectivity index (χ3n) is 3.04. The highest BCUT2D eigenvalue weighted by Crippen LogP contribution is 2.28. The van der Waals surface area contributed by atoms with Crippen molar-refractivity contribution < 1.29 is 23.4 Å². The van der Waals surface area contributed by atoms with Crippen LogP contribution >= 0.6 is 0 Å². The Morgan fingerprint density at radius 1 is 1.43 bits per heavy atom. The Labute approximate surface area is 121 Å². The van der Waals surface area contributed by atoms with E-state index in [2.05, 4.69) is 10.6 Å². The van der Waals surface area contributed by atoms with Crippen molar-refractivity contribution in [2.45, 2.75) is 18.9 Å². The zero-order valence-electron chi connectivity index (χ0n) is 11.4. The molecule has 0 saturated heterocycles. The van der Waals surface area contributed by atoms with Gasteiger partial charge in [-0.2, -0.15) is 0 Å². The van der Waals surface area contributed by atoms with Crippen molar-refractivity contribution in [1.82, 2.24) is 5.32 Å². The van der Waals surface area contributed by atoms with Gasteiger partial charge in [-0.25, -0.2) is 13.6 Å². The molecule has 2 rings (SSSR count). The molecule has 1 aromatic carbocycles. The first-order chi connectivity index (χ1) is 10.0. The summed E-state index contributed by atoms with van der Waals surface area (Å²) >= 11 is 0. The number of aliphatic hydroxyl groups is 1. The predicted molar refractivity (Wildman–Crippen MR) is 72.9 cm³/mol. The first kappa shape index (κ1) is 15.7. The number of halogens is 2. The summed E-state index contributed by atoms with van der Waals surface area (Å²) in [6, 6.07) is 2.04. The molecule has 1 saturated carbocycles. The van der Waals surface area contributed by atoms with Crippen LogP contribution in [0, 0.1) is 17.6 Å². The normalized spacial score (nSPS) is 15.6. The largest absolute Gasteiger partial charge is 0.389 e. The van der Waals surface area contributed by atoms with Crippen LogP contribution in [-0.2, 0) is 4.74 Å². The lowest BCUT2D eigenvalue weighted by Crippen LogP contribution is -2.37. The number of ether oxygens (including phenoxy) is 1. The number of nitrogens with one attached hydrogen (secondary N) is 2. The topological polar surface area (TPSA) is 70.6 Å². The van der Waals surface area contributed by atoms with Crippen LogP contribution in [0.25, 0.3) is 0 Å². The molecule has 0 bridgehead atoms. The van der Waals surface area contributed by atoms with Crippen molar-refractivity contribution in [3.05, 3.63) is 29.8 Å². The number of aliphatic hydroxyl groups excluding tert-OH is 1. The van der Waals surface area contributed by atoms with E-state index >= 15 is 0 Å². The Hall–Kier alpha value is -1.73. The molecule has 7 heteroatoms. The fraction of sp³-hybridized carbons (Fsp3) is 0.500. The minimum Gasteiger partial charge on any atom is -0.389 e. The van der Waals surface area contributed by atoms with E-state index in [1.54, 1.807) is 0 Å². The summed E-state index contributed by atoms with van der Waals surface area (Å²) in [6.45, 7) is 0.719. The minimum atomic E-state index is -0.841. The second-order valence-corrected chi connectivity index (χ2v) is 5.09. The number of amides is 2. The number of hydrogen-bond donors (Lipinski definition) is 3. The number of hydrogen-bond acceptors (Lipinski definition) is 3. The van der Waals surface area contributed by atoms with Crippen LogP contribution < -0.4 is 10.6 Å². The maximum atomic E-state index is 13.3. The van der Waals surface area contributed by atoms with Crippen molar-refractivity contribution in [2.75, 3.05) is 25.1 Å². The van der Waals surface area contributed by atoms with Gasteiger partial charge in [0.2, 0.25) is 0 Å². The lowest BCUT2D eigenvalue weighted by Gasteiger charge is -2.13. The van der Waals surface area contributed by atoms with Crippen molar-refractivity contribution >= 4 is 11.7 Å². The van der Waals surface area contributed by atoms with Crippen LogP contribution in [0.4, 0.5) is 19.3 Å². The first-order valence-electron chi connectivity index (χ1n) is 6.80. The highest BCUT2D eigenvalue weighted by Gasteiger charge is 2.21. The molecule has 0 aromatic heterocycles. The third-order valence-corrected chi connectivity index (χ3v) is 3.04. The molecule has 1 aromatic rings. The molecule has 1 aliphatic rings. The van der Waals surface area contributed by atoms with Crippen LogP contribution in [0.1, 0.15) is 12.8 Å². The number of anilines is 1. The molecule has 5 nitrogen and oxygen atoms in total. The van der Waals surface area contributed by atoms with Crippen molar-refractivity contribution in [3.8, 4) is 0 Å². The molecule has 0 spiro atoms. The standard InChI is InChI=1S/C14H18F2N2O3/c15-10-3-4-12(16)13(5-10)18-14(20)17-6-11(19)8-21-7-9-1-2-9/h3-5,9,11,19H,1-2,6-8H2,(H2,17,18,20). The summed E-state index contributed by atoms with van der Waals surface area (Å²) < 4.78 is 31.5. The SMILES string of the molecule is O=C(NCC(O)COCC1CC1)Nc1cc(F)ccc1F. The Bertz CT molecular complexity index is 495. The fourth-order valence-electron chi connectivity index (χ4n) is 1.68. The quantitative estimate of drug-likeness (QED) is 0.720. The van der Waals surface area contributed by atoms with Gasteiger partial charge in [-0.1, -0.05) is 0 Å². The summed E-state index contributed by atoms with van der Waals surface area (Å²) in [5.41, 5.74) is -0.257. The van der Waals surface area contributed by atoms with Crippen molar-refractivity contribution in [2.24, 2.45) is 5.92 Å². The Kier molecular flexibility index (Phi) is 5.46. The van der Waals surface area contributed by atoms with Crippen LogP contribution in [0.5, 0.6) is 0 Å². The maximum absolute atomic E-state index is 13.3. The average molecular weight is 300 g/mol. The first-order valence-corrected chi connectivity index (χ1v) is 6.80. The molecular weight excluding hydrogens is 282 g/mol. The van der Waals surface area contributed by atoms with E-state index in [1.165, 1.54) is 0 Å². The van der Waals surface area contributed by atoms with Crippen LogP contribution in [0.15, 0.2) is 18.2 Å². The minimum absolute atomic E-state index is 0.0343. The molecule has 21 heavy (non-hydrogen) atoms. The predicted octanol–water partition coefficient (Wildman–Crippen LogP) is 1.87. The van der Waals surface area contributed by atoms with E-state index in [-0.39, 0.29) is 18.8 Å². The van der Waals surface area contributed by atoms with Gasteiger partial charge in [0, 0.05) is 19.2 Å². The lowest BCUT2D eigenvalue weighted by atomic mass is 10.3. The molecule has 2 amide bonds. The van der Waals surface area contributed by atoms with Gasteiger partial charge >= 0.3 is 6.03 Å². The number of urea groups is 1. The van der Waals surface area contributed by atoms with Crippen molar-refractivity contribution in [3.63, 3.8) is 0 Å². The van der Waals surface area contributed by atoms with Crippen molar-refractivity contribution in [1.29, 1.82) is 0 Å². The lowest BCUT2D eigenvalue weighted by molar-refractivity contribution is 0.0339. The van der Waals surface area contributed by atoms with Gasteiger partial charge in [0.15, 0.2) is 0 Å². The van der Waals surface area contributed by atoms with E-state index in [9.17, 15) is 18.7 Å². The average Bonchev–Trinajstić information content (AvgIpc) is 3.25. The van der Waals surface area contributed by atoms with E-state index in [0.29, 0.717) is 12.5 Å². The second kappa shape index (κ2) is 7.33. The van der Waals surface area contributed by atoms with Crippen LogP contribution in [-0.4, -0.2) is 37.0 Å². The number of benzene rings is 1. The van der Waals surface area contributed by atoms with Gasteiger partial charge < -0.3 is 20.5 Å². The van der Waals surface area contributed by atoms with Crippen LogP contribution in [0.3, 0.4) is 0 Å². The molecule has 0 radical (unpaired) electrons. The summed E-state index contributed by atoms with van der Waals surface area (Å²) in [6.07, 6.45) is 1.48. The summed E-state index contributed by atoms with van der Waals surface area (Å²) in [4.78, 5) is 11.5. The zero-order valence-corrected chi connectivity index (χ0v) is 11.4. The van der Waals surface area contributed by atoms with E-state index in [4.69, 9.17) is 4.74 Å². The van der Waals surface area contributed by atoms with Gasteiger partial charge in [0.05, 0.1) is 18.4 Å². The molecule has 1 aliphatic carbocycles.